The fourth-order valence-electron chi connectivity index (χ4n) is 3.35. The molecule has 0 radical (unpaired) electrons. The summed E-state index contributed by atoms with van der Waals surface area (Å²) in [5.41, 5.74) is 3.46. The van der Waals surface area contributed by atoms with Gasteiger partial charge in [0.25, 0.3) is 0 Å². The number of allylic oxidation sites excluding steroid dienone is 8. The maximum Gasteiger partial charge on any atom is 0.133 e. The van der Waals surface area contributed by atoms with Crippen LogP contribution in [-0.4, -0.2) is 0 Å². The SMILES string of the molecule is N#CC(C#N)=C1c2ccccc2CC[C@@H]1C1C=CC=CC=C1. The van der Waals surface area contributed by atoms with Crippen molar-refractivity contribution in [1.29, 1.82) is 10.5 Å². The molecule has 0 saturated heterocycles. The Hall–Kier alpha value is -2.84. The van der Waals surface area contributed by atoms with Crippen LogP contribution in [-0.2, 0) is 6.42 Å². The minimum Gasteiger partial charge on any atom is -0.192 e. The van der Waals surface area contributed by atoms with Crippen molar-refractivity contribution in [2.45, 2.75) is 12.8 Å². The number of nitrogens with zero attached hydrogens (tertiary/aromatic N) is 2. The number of rotatable bonds is 1. The van der Waals surface area contributed by atoms with E-state index in [4.69, 9.17) is 0 Å². The van der Waals surface area contributed by atoms with Crippen LogP contribution in [0.15, 0.2) is 66.3 Å². The number of aryl methyl sites for hydroxylation is 1. The van der Waals surface area contributed by atoms with Gasteiger partial charge in [0.05, 0.1) is 0 Å². The predicted octanol–water partition coefficient (Wildman–Crippen LogP) is 4.35. The highest BCUT2D eigenvalue weighted by Crippen LogP contribution is 2.42. The first kappa shape index (κ1) is 14.1. The molecule has 0 unspecified atom stereocenters. The Morgan fingerprint density at radius 3 is 2.32 bits per heavy atom. The van der Waals surface area contributed by atoms with Crippen LogP contribution in [0.1, 0.15) is 17.5 Å². The van der Waals surface area contributed by atoms with E-state index < -0.39 is 0 Å². The largest absolute Gasteiger partial charge is 0.192 e. The van der Waals surface area contributed by atoms with Crippen LogP contribution in [0, 0.1) is 34.5 Å². The smallest absolute Gasteiger partial charge is 0.133 e. The zero-order valence-corrected chi connectivity index (χ0v) is 12.2. The molecule has 0 spiro atoms. The molecule has 106 valence electrons. The van der Waals surface area contributed by atoms with E-state index >= 15 is 0 Å². The number of fused-ring (bicyclic) bond motifs is 1. The van der Waals surface area contributed by atoms with Crippen molar-refractivity contribution < 1.29 is 0 Å². The first-order chi connectivity index (χ1) is 10.8. The van der Waals surface area contributed by atoms with E-state index in [1.165, 1.54) is 5.56 Å². The molecule has 0 amide bonds. The van der Waals surface area contributed by atoms with E-state index in [1.54, 1.807) is 0 Å². The van der Waals surface area contributed by atoms with E-state index in [-0.39, 0.29) is 17.4 Å². The number of nitriles is 2. The predicted molar refractivity (Wildman–Crippen MR) is 87.3 cm³/mol. The molecule has 0 fully saturated rings. The lowest BCUT2D eigenvalue weighted by Crippen LogP contribution is -2.20. The molecular weight excluding hydrogens is 268 g/mol. The van der Waals surface area contributed by atoms with Gasteiger partial charge in [-0.25, -0.2) is 0 Å². The normalized spacial score (nSPS) is 19.9. The van der Waals surface area contributed by atoms with Gasteiger partial charge in [-0.15, -0.1) is 0 Å². The third kappa shape index (κ3) is 2.52. The van der Waals surface area contributed by atoms with Gasteiger partial charge < -0.3 is 0 Å². The number of hydrogen-bond donors (Lipinski definition) is 0. The Morgan fingerprint density at radius 2 is 1.64 bits per heavy atom. The molecule has 0 aromatic heterocycles. The van der Waals surface area contributed by atoms with Gasteiger partial charge in [0.2, 0.25) is 0 Å². The van der Waals surface area contributed by atoms with Crippen molar-refractivity contribution in [1.82, 2.24) is 0 Å². The molecule has 2 heteroatoms. The molecule has 0 N–H and O–H groups in total. The molecule has 1 atom stereocenters. The molecule has 0 aliphatic heterocycles. The zero-order chi connectivity index (χ0) is 15.4. The van der Waals surface area contributed by atoms with E-state index in [0.29, 0.717) is 0 Å². The summed E-state index contributed by atoms with van der Waals surface area (Å²) in [6.45, 7) is 0. The van der Waals surface area contributed by atoms with E-state index in [0.717, 1.165) is 24.0 Å². The molecule has 1 aromatic rings. The van der Waals surface area contributed by atoms with Gasteiger partial charge in [-0.3, -0.25) is 0 Å². The topological polar surface area (TPSA) is 47.6 Å². The first-order valence-electron chi connectivity index (χ1n) is 7.49. The minimum absolute atomic E-state index is 0.177. The Balaban J connectivity index is 2.14. The first-order valence-corrected chi connectivity index (χ1v) is 7.49. The molecule has 0 saturated carbocycles. The van der Waals surface area contributed by atoms with Crippen molar-refractivity contribution in [2.24, 2.45) is 11.8 Å². The third-order valence-electron chi connectivity index (χ3n) is 4.36. The van der Waals surface area contributed by atoms with E-state index in [9.17, 15) is 10.5 Å². The Kier molecular flexibility index (Phi) is 4.03. The minimum atomic E-state index is 0.177. The number of benzene rings is 1. The molecule has 0 heterocycles. The second kappa shape index (κ2) is 6.29. The summed E-state index contributed by atoms with van der Waals surface area (Å²) >= 11 is 0. The van der Waals surface area contributed by atoms with Gasteiger partial charge in [0.15, 0.2) is 0 Å². The Morgan fingerprint density at radius 1 is 0.955 bits per heavy atom. The second-order valence-electron chi connectivity index (χ2n) is 5.55. The van der Waals surface area contributed by atoms with Crippen LogP contribution >= 0.6 is 0 Å². The summed E-state index contributed by atoms with van der Waals surface area (Å²) in [5, 5.41) is 18.8. The molecule has 2 aliphatic carbocycles. The highest BCUT2D eigenvalue weighted by Gasteiger charge is 2.30. The van der Waals surface area contributed by atoms with Crippen molar-refractivity contribution >= 4 is 5.57 Å². The van der Waals surface area contributed by atoms with Gasteiger partial charge in [0.1, 0.15) is 17.7 Å². The standard InChI is InChI=1S/C20H16N2/c21-13-17(14-22)20-18-10-6-5-9-16(18)11-12-19(20)15-7-3-1-2-4-8-15/h1-10,15,19H,11-12H2/t19-/m1/s1. The van der Waals surface area contributed by atoms with Crippen LogP contribution in [0.4, 0.5) is 0 Å². The molecule has 2 aliphatic rings. The van der Waals surface area contributed by atoms with Crippen LogP contribution in [0.5, 0.6) is 0 Å². The third-order valence-corrected chi connectivity index (χ3v) is 4.36. The maximum absolute atomic E-state index is 9.40. The summed E-state index contributed by atoms with van der Waals surface area (Å²) in [6, 6.07) is 12.3. The Labute approximate surface area is 131 Å². The molecule has 0 bridgehead atoms. The summed E-state index contributed by atoms with van der Waals surface area (Å²) in [4.78, 5) is 0. The van der Waals surface area contributed by atoms with Gasteiger partial charge in [-0.1, -0.05) is 60.7 Å². The summed E-state index contributed by atoms with van der Waals surface area (Å²) in [5.74, 6) is 0.395. The van der Waals surface area contributed by atoms with Crippen LogP contribution in [0.2, 0.25) is 0 Å². The highest BCUT2D eigenvalue weighted by atomic mass is 14.4. The highest BCUT2D eigenvalue weighted by molar-refractivity contribution is 5.80. The fraction of sp³-hybridized carbons (Fsp3) is 0.200. The summed E-state index contributed by atoms with van der Waals surface area (Å²) in [6.07, 6.45) is 14.4. The van der Waals surface area contributed by atoms with Crippen molar-refractivity contribution in [3.63, 3.8) is 0 Å². The van der Waals surface area contributed by atoms with Gasteiger partial charge in [0, 0.05) is 5.92 Å². The molecule has 1 aromatic carbocycles. The van der Waals surface area contributed by atoms with Crippen LogP contribution in [0.25, 0.3) is 5.57 Å². The maximum atomic E-state index is 9.40. The quantitative estimate of drug-likeness (QED) is 0.720. The monoisotopic (exact) mass is 284 g/mol. The van der Waals surface area contributed by atoms with Crippen molar-refractivity contribution in [3.8, 4) is 12.1 Å². The molecule has 3 rings (SSSR count). The second-order valence-corrected chi connectivity index (χ2v) is 5.55. The average molecular weight is 284 g/mol. The molecule has 22 heavy (non-hydrogen) atoms. The zero-order valence-electron chi connectivity index (χ0n) is 12.2. The Bertz CT molecular complexity index is 747. The van der Waals surface area contributed by atoms with Crippen LogP contribution in [0.3, 0.4) is 0 Å². The van der Waals surface area contributed by atoms with Crippen LogP contribution < -0.4 is 0 Å². The van der Waals surface area contributed by atoms with Gasteiger partial charge >= 0.3 is 0 Å². The fourth-order valence-corrected chi connectivity index (χ4v) is 3.35. The summed E-state index contributed by atoms with van der Waals surface area (Å²) < 4.78 is 0. The van der Waals surface area contributed by atoms with Crippen molar-refractivity contribution in [2.75, 3.05) is 0 Å². The van der Waals surface area contributed by atoms with E-state index in [1.807, 2.05) is 42.5 Å². The van der Waals surface area contributed by atoms with E-state index in [2.05, 4.69) is 30.4 Å². The summed E-state index contributed by atoms with van der Waals surface area (Å²) in [7, 11) is 0. The van der Waals surface area contributed by atoms with Gasteiger partial charge in [-0.2, -0.15) is 10.5 Å². The average Bonchev–Trinajstić information content (AvgIpc) is 2.85. The lowest BCUT2D eigenvalue weighted by Gasteiger charge is -2.31. The molecule has 2 nitrogen and oxygen atoms in total. The lowest BCUT2D eigenvalue weighted by atomic mass is 9.71. The number of hydrogen-bond acceptors (Lipinski definition) is 2. The van der Waals surface area contributed by atoms with Crippen molar-refractivity contribution in [3.05, 3.63) is 77.4 Å². The van der Waals surface area contributed by atoms with Gasteiger partial charge in [-0.05, 0) is 35.5 Å². The lowest BCUT2D eigenvalue weighted by molar-refractivity contribution is 0.515. The molecular formula is C20H16N2.